The first kappa shape index (κ1) is 18.1. The molecule has 0 radical (unpaired) electrons. The summed E-state index contributed by atoms with van der Waals surface area (Å²) in [7, 11) is 1.63. The molecule has 6 nitrogen and oxygen atoms in total. The van der Waals surface area contributed by atoms with E-state index in [1.165, 1.54) is 29.9 Å². The van der Waals surface area contributed by atoms with E-state index in [0.717, 1.165) is 10.7 Å². The highest BCUT2D eigenvalue weighted by molar-refractivity contribution is 7.09. The number of amides is 2. The molecule has 2 amide bonds. The highest BCUT2D eigenvalue weighted by atomic mass is 32.1. The molecule has 1 aliphatic carbocycles. The van der Waals surface area contributed by atoms with Crippen molar-refractivity contribution in [3.05, 3.63) is 51.7 Å². The average molecular weight is 389 g/mol. The predicted octanol–water partition coefficient (Wildman–Crippen LogP) is 2.37. The van der Waals surface area contributed by atoms with E-state index in [1.807, 2.05) is 5.38 Å². The minimum Gasteiger partial charge on any atom is -0.356 e. The number of nitrogens with zero attached hydrogens (tertiary/aromatic N) is 2. The molecule has 1 saturated carbocycles. The van der Waals surface area contributed by atoms with Crippen LogP contribution < -0.4 is 5.32 Å². The number of nitrogens with one attached hydrogen (secondary N) is 1. The van der Waals surface area contributed by atoms with Crippen molar-refractivity contribution in [3.8, 4) is 0 Å². The average Bonchev–Trinajstić information content (AvgIpc) is 3.41. The zero-order valence-corrected chi connectivity index (χ0v) is 15.7. The van der Waals surface area contributed by atoms with Crippen molar-refractivity contribution in [1.82, 2.24) is 15.2 Å². The van der Waals surface area contributed by atoms with Gasteiger partial charge in [0, 0.05) is 18.3 Å². The van der Waals surface area contributed by atoms with E-state index in [4.69, 9.17) is 4.74 Å². The zero-order valence-electron chi connectivity index (χ0n) is 14.9. The quantitative estimate of drug-likeness (QED) is 0.852. The molecule has 2 aliphatic rings. The molecule has 1 aromatic carbocycles. The molecule has 2 unspecified atom stereocenters. The van der Waals surface area contributed by atoms with Crippen LogP contribution in [0, 0.1) is 5.82 Å². The SMILES string of the molecule is CN1C(=O)COC(C(=O)NCc2csc(C3CC3)n2)C1c1ccc(F)cc1. The summed E-state index contributed by atoms with van der Waals surface area (Å²) in [6.07, 6.45) is 1.52. The van der Waals surface area contributed by atoms with Gasteiger partial charge in [-0.15, -0.1) is 11.3 Å². The lowest BCUT2D eigenvalue weighted by Crippen LogP contribution is -2.52. The third-order valence-corrected chi connectivity index (χ3v) is 5.95. The van der Waals surface area contributed by atoms with Crippen LogP contribution in [0.1, 0.15) is 41.1 Å². The molecule has 1 N–H and O–H groups in total. The van der Waals surface area contributed by atoms with Crippen molar-refractivity contribution in [2.75, 3.05) is 13.7 Å². The van der Waals surface area contributed by atoms with E-state index < -0.39 is 12.1 Å². The molecular weight excluding hydrogens is 369 g/mol. The number of aromatic nitrogens is 1. The van der Waals surface area contributed by atoms with Gasteiger partial charge in [0.05, 0.1) is 23.3 Å². The Bertz CT molecular complexity index is 850. The van der Waals surface area contributed by atoms with E-state index in [9.17, 15) is 14.0 Å². The van der Waals surface area contributed by atoms with Crippen LogP contribution in [-0.2, 0) is 20.9 Å². The smallest absolute Gasteiger partial charge is 0.252 e. The minimum absolute atomic E-state index is 0.158. The Morgan fingerprint density at radius 2 is 2.11 bits per heavy atom. The van der Waals surface area contributed by atoms with Gasteiger partial charge < -0.3 is 15.0 Å². The Kier molecular flexibility index (Phi) is 4.92. The largest absolute Gasteiger partial charge is 0.356 e. The predicted molar refractivity (Wildman–Crippen MR) is 97.6 cm³/mol. The first-order valence-electron chi connectivity index (χ1n) is 8.87. The van der Waals surface area contributed by atoms with Crippen molar-refractivity contribution in [2.24, 2.45) is 0 Å². The van der Waals surface area contributed by atoms with E-state index in [2.05, 4.69) is 10.3 Å². The second kappa shape index (κ2) is 7.36. The first-order chi connectivity index (χ1) is 13.0. The van der Waals surface area contributed by atoms with Crippen LogP contribution in [0.15, 0.2) is 29.6 Å². The molecule has 1 saturated heterocycles. The van der Waals surface area contributed by atoms with E-state index in [1.54, 1.807) is 30.5 Å². The highest BCUT2D eigenvalue weighted by Gasteiger charge is 2.40. The summed E-state index contributed by atoms with van der Waals surface area (Å²) < 4.78 is 18.8. The first-order valence-corrected chi connectivity index (χ1v) is 9.75. The van der Waals surface area contributed by atoms with Gasteiger partial charge >= 0.3 is 0 Å². The Morgan fingerprint density at radius 3 is 2.81 bits per heavy atom. The van der Waals surface area contributed by atoms with Crippen LogP contribution in [0.3, 0.4) is 0 Å². The van der Waals surface area contributed by atoms with Crippen LogP contribution in [0.25, 0.3) is 0 Å². The van der Waals surface area contributed by atoms with Gasteiger partial charge in [0.25, 0.3) is 5.91 Å². The monoisotopic (exact) mass is 389 g/mol. The van der Waals surface area contributed by atoms with Crippen molar-refractivity contribution in [2.45, 2.75) is 37.5 Å². The van der Waals surface area contributed by atoms with Gasteiger partial charge in [-0.05, 0) is 30.5 Å². The molecule has 27 heavy (non-hydrogen) atoms. The van der Waals surface area contributed by atoms with Crippen molar-refractivity contribution in [1.29, 1.82) is 0 Å². The summed E-state index contributed by atoms with van der Waals surface area (Å²) in [4.78, 5) is 30.8. The number of ether oxygens (including phenoxy) is 1. The highest BCUT2D eigenvalue weighted by Crippen LogP contribution is 2.41. The maximum atomic E-state index is 13.3. The van der Waals surface area contributed by atoms with Gasteiger partial charge in [0.2, 0.25) is 5.91 Å². The van der Waals surface area contributed by atoms with Crippen LogP contribution in [0.2, 0.25) is 0 Å². The second-order valence-electron chi connectivity index (χ2n) is 6.90. The standard InChI is InChI=1S/C19H20FN3O3S/c1-23-15(24)9-26-17(16(23)11-4-6-13(20)7-5-11)18(25)21-8-14-10-27-19(22-14)12-2-3-12/h4-7,10,12,16-17H,2-3,8-9H2,1H3,(H,21,25). The molecule has 2 aromatic rings. The number of rotatable bonds is 5. The fraction of sp³-hybridized carbons (Fsp3) is 0.421. The van der Waals surface area contributed by atoms with Crippen molar-refractivity contribution < 1.29 is 18.7 Å². The molecule has 2 fully saturated rings. The minimum atomic E-state index is -0.861. The molecule has 0 bridgehead atoms. The lowest BCUT2D eigenvalue weighted by atomic mass is 9.97. The third kappa shape index (κ3) is 3.86. The molecule has 8 heteroatoms. The van der Waals surface area contributed by atoms with E-state index in [-0.39, 0.29) is 24.2 Å². The summed E-state index contributed by atoms with van der Waals surface area (Å²) in [5.74, 6) is -0.323. The Hall–Kier alpha value is -2.32. The maximum absolute atomic E-state index is 13.3. The number of likely N-dealkylation sites (N-methyl/N-ethyl adjacent to an activating group) is 1. The van der Waals surface area contributed by atoms with Crippen LogP contribution in [0.4, 0.5) is 4.39 Å². The Morgan fingerprint density at radius 1 is 1.37 bits per heavy atom. The summed E-state index contributed by atoms with van der Waals surface area (Å²) in [6, 6.07) is 5.16. The maximum Gasteiger partial charge on any atom is 0.252 e. The number of morpholine rings is 1. The van der Waals surface area contributed by atoms with Crippen molar-refractivity contribution in [3.63, 3.8) is 0 Å². The third-order valence-electron chi connectivity index (χ3n) is 4.89. The van der Waals surface area contributed by atoms with Gasteiger partial charge in [-0.1, -0.05) is 12.1 Å². The van der Waals surface area contributed by atoms with Gasteiger partial charge in [-0.2, -0.15) is 0 Å². The van der Waals surface area contributed by atoms with Gasteiger partial charge in [0.15, 0.2) is 6.10 Å². The molecule has 4 rings (SSSR count). The fourth-order valence-electron chi connectivity index (χ4n) is 3.19. The number of halogens is 1. The van der Waals surface area contributed by atoms with Crippen LogP contribution >= 0.6 is 11.3 Å². The van der Waals surface area contributed by atoms with Gasteiger partial charge in [0.1, 0.15) is 12.4 Å². The summed E-state index contributed by atoms with van der Waals surface area (Å²) in [6.45, 7) is 0.157. The number of carbonyl (C=O) groups excluding carboxylic acids is 2. The molecular formula is C19H20FN3O3S. The van der Waals surface area contributed by atoms with Gasteiger partial charge in [-0.3, -0.25) is 9.59 Å². The summed E-state index contributed by atoms with van der Waals surface area (Å²) in [5, 5.41) is 5.94. The summed E-state index contributed by atoms with van der Waals surface area (Å²) >= 11 is 1.62. The van der Waals surface area contributed by atoms with E-state index in [0.29, 0.717) is 18.0 Å². The number of benzene rings is 1. The molecule has 2 atom stereocenters. The van der Waals surface area contributed by atoms with Crippen LogP contribution in [0.5, 0.6) is 0 Å². The molecule has 142 valence electrons. The number of hydrogen-bond donors (Lipinski definition) is 1. The van der Waals surface area contributed by atoms with E-state index >= 15 is 0 Å². The van der Waals surface area contributed by atoms with Crippen LogP contribution in [-0.4, -0.2) is 41.5 Å². The molecule has 1 aromatic heterocycles. The topological polar surface area (TPSA) is 71.5 Å². The second-order valence-corrected chi connectivity index (χ2v) is 7.79. The number of thiazole rings is 1. The summed E-state index contributed by atoms with van der Waals surface area (Å²) in [5.41, 5.74) is 1.48. The Labute approximate surface area is 160 Å². The molecule has 2 heterocycles. The lowest BCUT2D eigenvalue weighted by Gasteiger charge is -2.38. The number of carbonyl (C=O) groups is 2. The normalized spacial score (nSPS) is 22.7. The molecule has 1 aliphatic heterocycles. The zero-order chi connectivity index (χ0) is 19.0. The number of hydrogen-bond acceptors (Lipinski definition) is 5. The molecule has 0 spiro atoms. The Balaban J connectivity index is 1.47. The van der Waals surface area contributed by atoms with Crippen molar-refractivity contribution >= 4 is 23.2 Å². The fourth-order valence-corrected chi connectivity index (χ4v) is 4.18. The van der Waals surface area contributed by atoms with Gasteiger partial charge in [-0.25, -0.2) is 9.37 Å². The lowest BCUT2D eigenvalue weighted by molar-refractivity contribution is -0.162.